The van der Waals surface area contributed by atoms with Gasteiger partial charge in [0.25, 0.3) is 0 Å². The number of benzene rings is 2. The third-order valence-corrected chi connectivity index (χ3v) is 10.8. The van der Waals surface area contributed by atoms with Gasteiger partial charge in [0, 0.05) is 58.5 Å². The third kappa shape index (κ3) is 10.3. The topological polar surface area (TPSA) is 123 Å². The molecule has 0 amide bonds. The van der Waals surface area contributed by atoms with Gasteiger partial charge < -0.3 is 25.2 Å². The lowest BCUT2D eigenvalue weighted by molar-refractivity contribution is -0.145. The second-order valence-corrected chi connectivity index (χ2v) is 15.5. The summed E-state index contributed by atoms with van der Waals surface area (Å²) in [5.74, 6) is 1.12. The molecule has 3 aromatic rings. The zero-order valence-electron chi connectivity index (χ0n) is 28.4. The highest BCUT2D eigenvalue weighted by Crippen LogP contribution is 2.34. The number of anilines is 6. The van der Waals surface area contributed by atoms with E-state index in [-0.39, 0.29) is 16.9 Å². The molecule has 2 fully saturated rings. The first-order chi connectivity index (χ1) is 23.5. The standard InChI is InChI=1S/C34H46Cl2N8O4S/c1-4-5-20-48-32(45)24-43-18-16-42(17-19-43)23-25-12-14-44(15-13-25)26-10-11-29(27(35)21-26)39-34-37-22-28(36)33(40-34)38-30-8-6-7-9-31(30)41(2)49(3,46)47/h6-11,21-22,25H,4-5,12-20,23-24H2,1-3H3,(H2,37,38,39,40). The largest absolute Gasteiger partial charge is 0.465 e. The van der Waals surface area contributed by atoms with Gasteiger partial charge in [0.15, 0.2) is 5.82 Å². The van der Waals surface area contributed by atoms with Crippen LogP contribution in [0.2, 0.25) is 10.0 Å². The molecule has 2 N–H and O–H groups in total. The monoisotopic (exact) mass is 732 g/mol. The normalized spacial score (nSPS) is 16.4. The van der Waals surface area contributed by atoms with E-state index < -0.39 is 10.0 Å². The SMILES string of the molecule is CCCCOC(=O)CN1CCN(CC2CCN(c3ccc(Nc4ncc(Cl)c(Nc5ccccc5N(C)S(C)(=O)=O)n4)c(Cl)c3)CC2)CC1. The minimum Gasteiger partial charge on any atom is -0.465 e. The van der Waals surface area contributed by atoms with Crippen molar-refractivity contribution in [3.8, 4) is 0 Å². The second kappa shape index (κ2) is 17.0. The van der Waals surface area contributed by atoms with Gasteiger partial charge in [-0.05, 0) is 55.5 Å². The molecular weight excluding hydrogens is 687 g/mol. The lowest BCUT2D eigenvalue weighted by atomic mass is 9.95. The number of carbonyl (C=O) groups is 1. The Bertz CT molecular complexity index is 1680. The van der Waals surface area contributed by atoms with Crippen LogP contribution >= 0.6 is 23.2 Å². The zero-order valence-corrected chi connectivity index (χ0v) is 30.7. The Hall–Kier alpha value is -3.36. The summed E-state index contributed by atoms with van der Waals surface area (Å²) in [6, 6.07) is 12.9. The number of piperidine rings is 1. The molecule has 0 radical (unpaired) electrons. The number of carbonyl (C=O) groups excluding carboxylic acids is 1. The van der Waals surface area contributed by atoms with Crippen LogP contribution in [0.4, 0.5) is 34.5 Å². The number of nitrogens with one attached hydrogen (secondary N) is 2. The van der Waals surface area contributed by atoms with Gasteiger partial charge >= 0.3 is 5.97 Å². The van der Waals surface area contributed by atoms with Crippen molar-refractivity contribution >= 4 is 73.7 Å². The Morgan fingerprint density at radius 1 is 0.980 bits per heavy atom. The van der Waals surface area contributed by atoms with E-state index in [1.54, 1.807) is 24.3 Å². The Morgan fingerprint density at radius 2 is 1.69 bits per heavy atom. The number of hydrogen-bond donors (Lipinski definition) is 2. The number of halogens is 2. The van der Waals surface area contributed by atoms with Crippen LogP contribution in [-0.4, -0.2) is 106 Å². The number of hydrogen-bond acceptors (Lipinski definition) is 11. The molecule has 266 valence electrons. The second-order valence-electron chi connectivity index (χ2n) is 12.6. The van der Waals surface area contributed by atoms with E-state index in [1.165, 1.54) is 17.5 Å². The molecule has 49 heavy (non-hydrogen) atoms. The lowest BCUT2D eigenvalue weighted by Gasteiger charge is -2.39. The Labute approximate surface area is 299 Å². The summed E-state index contributed by atoms with van der Waals surface area (Å²) in [6.07, 6.45) is 6.78. The summed E-state index contributed by atoms with van der Waals surface area (Å²) in [5, 5.41) is 7.14. The molecule has 0 unspecified atom stereocenters. The summed E-state index contributed by atoms with van der Waals surface area (Å²) >= 11 is 13.2. The molecule has 0 aliphatic carbocycles. The van der Waals surface area contributed by atoms with Crippen LogP contribution in [0.1, 0.15) is 32.6 Å². The Kier molecular flexibility index (Phi) is 12.8. The molecule has 0 spiro atoms. The van der Waals surface area contributed by atoms with E-state index in [0.717, 1.165) is 83.4 Å². The first-order valence-electron chi connectivity index (χ1n) is 16.7. The summed E-state index contributed by atoms with van der Waals surface area (Å²) < 4.78 is 30.9. The van der Waals surface area contributed by atoms with Gasteiger partial charge in [-0.2, -0.15) is 4.98 Å². The van der Waals surface area contributed by atoms with Gasteiger partial charge in [-0.15, -0.1) is 0 Å². The van der Waals surface area contributed by atoms with E-state index in [1.807, 2.05) is 18.2 Å². The van der Waals surface area contributed by atoms with Crippen LogP contribution in [0.15, 0.2) is 48.7 Å². The minimum atomic E-state index is -3.48. The summed E-state index contributed by atoms with van der Waals surface area (Å²) in [5.41, 5.74) is 2.69. The van der Waals surface area contributed by atoms with Crippen molar-refractivity contribution in [1.82, 2.24) is 19.8 Å². The molecule has 3 heterocycles. The van der Waals surface area contributed by atoms with Crippen LogP contribution in [0.3, 0.4) is 0 Å². The number of piperazine rings is 1. The number of esters is 1. The highest BCUT2D eigenvalue weighted by molar-refractivity contribution is 7.92. The molecule has 5 rings (SSSR count). The van der Waals surface area contributed by atoms with Gasteiger partial charge in [0.1, 0.15) is 5.02 Å². The Balaban J connectivity index is 1.12. The maximum Gasteiger partial charge on any atom is 0.320 e. The van der Waals surface area contributed by atoms with E-state index in [9.17, 15) is 13.2 Å². The molecule has 15 heteroatoms. The number of ether oxygens (including phenoxy) is 1. The third-order valence-electron chi connectivity index (χ3n) is 9.01. The van der Waals surface area contributed by atoms with Crippen molar-refractivity contribution in [2.75, 3.05) is 92.1 Å². The number of rotatable bonds is 14. The smallest absolute Gasteiger partial charge is 0.320 e. The molecule has 2 saturated heterocycles. The van der Waals surface area contributed by atoms with Gasteiger partial charge in [0.2, 0.25) is 16.0 Å². The van der Waals surface area contributed by atoms with Gasteiger partial charge in [-0.25, -0.2) is 13.4 Å². The minimum absolute atomic E-state index is 0.112. The van der Waals surface area contributed by atoms with Crippen molar-refractivity contribution in [3.05, 3.63) is 58.7 Å². The quantitative estimate of drug-likeness (QED) is 0.153. The molecule has 2 aromatic carbocycles. The Morgan fingerprint density at radius 3 is 2.39 bits per heavy atom. The van der Waals surface area contributed by atoms with Crippen LogP contribution in [0, 0.1) is 5.92 Å². The molecule has 1 aromatic heterocycles. The number of nitrogens with zero attached hydrogens (tertiary/aromatic N) is 6. The fraction of sp³-hybridized carbons (Fsp3) is 0.500. The highest BCUT2D eigenvalue weighted by atomic mass is 35.5. The van der Waals surface area contributed by atoms with Crippen LogP contribution < -0.4 is 19.8 Å². The molecule has 0 bridgehead atoms. The number of para-hydroxylation sites is 2. The van der Waals surface area contributed by atoms with Crippen molar-refractivity contribution < 1.29 is 17.9 Å². The number of aromatic nitrogens is 2. The molecule has 0 atom stereocenters. The summed E-state index contributed by atoms with van der Waals surface area (Å²) in [4.78, 5) is 28.0. The van der Waals surface area contributed by atoms with E-state index >= 15 is 0 Å². The fourth-order valence-corrected chi connectivity index (χ4v) is 6.90. The van der Waals surface area contributed by atoms with Gasteiger partial charge in [-0.3, -0.25) is 14.0 Å². The van der Waals surface area contributed by atoms with Gasteiger partial charge in [0.05, 0.1) is 47.7 Å². The number of sulfonamides is 1. The van der Waals surface area contributed by atoms with Crippen molar-refractivity contribution in [3.63, 3.8) is 0 Å². The molecule has 12 nitrogen and oxygen atoms in total. The van der Waals surface area contributed by atoms with Crippen molar-refractivity contribution in [1.29, 1.82) is 0 Å². The maximum atomic E-state index is 12.2. The predicted molar refractivity (Wildman–Crippen MR) is 198 cm³/mol. The molecule has 0 saturated carbocycles. The van der Waals surface area contributed by atoms with Crippen LogP contribution in [0.5, 0.6) is 0 Å². The lowest BCUT2D eigenvalue weighted by Crippen LogP contribution is -2.50. The fourth-order valence-electron chi connectivity index (χ4n) is 6.03. The molecule has 2 aliphatic heterocycles. The zero-order chi connectivity index (χ0) is 35.0. The van der Waals surface area contributed by atoms with Crippen LogP contribution in [-0.2, 0) is 19.6 Å². The maximum absolute atomic E-state index is 12.2. The first kappa shape index (κ1) is 36.9. The predicted octanol–water partition coefficient (Wildman–Crippen LogP) is 5.84. The average molecular weight is 734 g/mol. The molecule has 2 aliphatic rings. The summed E-state index contributed by atoms with van der Waals surface area (Å²) in [7, 11) is -1.99. The van der Waals surface area contributed by atoms with E-state index in [2.05, 4.69) is 42.2 Å². The van der Waals surface area contributed by atoms with Crippen molar-refractivity contribution in [2.45, 2.75) is 32.6 Å². The van der Waals surface area contributed by atoms with Crippen molar-refractivity contribution in [2.24, 2.45) is 5.92 Å². The first-order valence-corrected chi connectivity index (χ1v) is 19.3. The van der Waals surface area contributed by atoms with E-state index in [0.29, 0.717) is 47.0 Å². The summed E-state index contributed by atoms with van der Waals surface area (Å²) in [6.45, 7) is 9.77. The van der Waals surface area contributed by atoms with E-state index in [4.69, 9.17) is 27.9 Å². The van der Waals surface area contributed by atoms with Crippen LogP contribution in [0.25, 0.3) is 0 Å². The van der Waals surface area contributed by atoms with Gasteiger partial charge in [-0.1, -0.05) is 48.7 Å². The average Bonchev–Trinajstić information content (AvgIpc) is 3.08. The molecular formula is C34H46Cl2N8O4S. The number of unbranched alkanes of at least 4 members (excludes halogenated alkanes) is 1. The highest BCUT2D eigenvalue weighted by Gasteiger charge is 2.25.